The van der Waals surface area contributed by atoms with E-state index >= 15 is 0 Å². The van der Waals surface area contributed by atoms with Crippen molar-refractivity contribution in [3.63, 3.8) is 0 Å². The molecule has 0 saturated carbocycles. The van der Waals surface area contributed by atoms with Gasteiger partial charge in [-0.05, 0) is 93.2 Å². The number of phenols is 3. The molecule has 0 fully saturated rings. The molecule has 272 valence electrons. The van der Waals surface area contributed by atoms with Crippen molar-refractivity contribution in [2.45, 2.75) is 29.2 Å². The minimum atomic E-state index is -4.63. The lowest BCUT2D eigenvalue weighted by molar-refractivity contribution is -0.393. The molecular formula is C31H20Br4N2O13S2. The topological polar surface area (TPSA) is 245 Å². The number of hydrogen-bond acceptors (Lipinski definition) is 12. The molecule has 1 aliphatic rings. The smallest absolute Gasteiger partial charge is 0.318 e. The monoisotopic (exact) mass is 1010 g/mol. The van der Waals surface area contributed by atoms with Gasteiger partial charge in [0.25, 0.3) is 25.9 Å². The Balaban J connectivity index is 0.000000217. The van der Waals surface area contributed by atoms with Crippen LogP contribution in [0.4, 0.5) is 11.4 Å². The van der Waals surface area contributed by atoms with Gasteiger partial charge in [-0.15, -0.1) is 0 Å². The fourth-order valence-electron chi connectivity index (χ4n) is 5.51. The summed E-state index contributed by atoms with van der Waals surface area (Å²) >= 11 is 13.7. The highest BCUT2D eigenvalue weighted by Crippen LogP contribution is 2.58. The van der Waals surface area contributed by atoms with Gasteiger partial charge in [0.2, 0.25) is 5.75 Å². The first-order valence-corrected chi connectivity index (χ1v) is 20.1. The van der Waals surface area contributed by atoms with E-state index in [1.165, 1.54) is 6.07 Å². The molecule has 0 atom stereocenters. The van der Waals surface area contributed by atoms with Gasteiger partial charge in [0.05, 0.1) is 35.1 Å². The zero-order valence-corrected chi connectivity index (χ0v) is 33.9. The van der Waals surface area contributed by atoms with Crippen molar-refractivity contribution < 1.29 is 50.7 Å². The van der Waals surface area contributed by atoms with Crippen LogP contribution in [0.3, 0.4) is 0 Å². The van der Waals surface area contributed by atoms with Crippen molar-refractivity contribution in [3.8, 4) is 17.2 Å². The number of nitrogens with zero attached hydrogens (tertiary/aromatic N) is 2. The molecule has 0 saturated heterocycles. The zero-order valence-electron chi connectivity index (χ0n) is 26.0. The van der Waals surface area contributed by atoms with Crippen LogP contribution in [-0.2, 0) is 30.0 Å². The molecule has 21 heteroatoms. The van der Waals surface area contributed by atoms with E-state index in [1.807, 2.05) is 0 Å². The molecule has 0 aromatic heterocycles. The summed E-state index contributed by atoms with van der Waals surface area (Å²) in [5.74, 6) is -1.31. The van der Waals surface area contributed by atoms with Crippen molar-refractivity contribution in [2.75, 3.05) is 0 Å². The summed E-state index contributed by atoms with van der Waals surface area (Å²) in [4.78, 5) is 19.1. The molecule has 52 heavy (non-hydrogen) atoms. The van der Waals surface area contributed by atoms with E-state index in [2.05, 4.69) is 63.7 Å². The van der Waals surface area contributed by atoms with Gasteiger partial charge in [0.15, 0.2) is 5.60 Å². The number of hydrogen-bond donors (Lipinski definition) is 4. The van der Waals surface area contributed by atoms with E-state index in [9.17, 15) is 52.4 Å². The Bertz CT molecular complexity index is 2560. The predicted molar refractivity (Wildman–Crippen MR) is 200 cm³/mol. The third-order valence-corrected chi connectivity index (χ3v) is 13.9. The summed E-state index contributed by atoms with van der Waals surface area (Å²) in [6.07, 6.45) is 0. The molecule has 4 N–H and O–H groups in total. The second-order valence-electron chi connectivity index (χ2n) is 11.1. The first-order valence-electron chi connectivity index (χ1n) is 14.0. The fraction of sp³-hybridized carbons (Fsp3) is 0.0968. The van der Waals surface area contributed by atoms with Gasteiger partial charge >= 0.3 is 5.69 Å². The number of phenolic OH excluding ortho intramolecular Hbond substituents is 3. The Kier molecular flexibility index (Phi) is 10.6. The van der Waals surface area contributed by atoms with E-state index in [-0.39, 0.29) is 38.5 Å². The van der Waals surface area contributed by atoms with Crippen LogP contribution < -0.4 is 0 Å². The first-order chi connectivity index (χ1) is 24.1. The number of halogens is 4. The summed E-state index contributed by atoms with van der Waals surface area (Å²) in [6, 6.07) is 12.7. The normalized spacial score (nSPS) is 14.4. The van der Waals surface area contributed by atoms with Gasteiger partial charge in [-0.2, -0.15) is 16.8 Å². The quantitative estimate of drug-likeness (QED) is 0.0560. The third kappa shape index (κ3) is 6.57. The standard InChI is InChI=1S/C21H14Br4O5S.C10H6N2O8S/c1-9-14(22)7-12(19(26)17(9)24)21(13-8-15(23)10(2)18(25)20(13)27)11-5-3-4-6-16(11)31(28,29)30-21;13-10-7-3-5(21(18,19)20)1-2-6(7)8(11(14)15)4-9(10)12(16)17/h3-8,26-27H,1-2H3;1-4,13H,(H,18,19,20). The summed E-state index contributed by atoms with van der Waals surface area (Å²) < 4.78 is 65.0. The summed E-state index contributed by atoms with van der Waals surface area (Å²) in [5, 5.41) is 53.1. The van der Waals surface area contributed by atoms with Gasteiger partial charge in [0, 0.05) is 31.0 Å². The molecular weight excluding hydrogens is 992 g/mol. The lowest BCUT2D eigenvalue weighted by Gasteiger charge is -2.32. The van der Waals surface area contributed by atoms with Crippen LogP contribution in [0.25, 0.3) is 10.8 Å². The Labute approximate surface area is 327 Å². The van der Waals surface area contributed by atoms with Gasteiger partial charge in [-0.3, -0.25) is 24.8 Å². The number of nitro groups is 2. The van der Waals surface area contributed by atoms with E-state index in [4.69, 9.17) is 8.74 Å². The van der Waals surface area contributed by atoms with Gasteiger partial charge < -0.3 is 15.3 Å². The number of rotatable bonds is 5. The van der Waals surface area contributed by atoms with Crippen molar-refractivity contribution in [2.24, 2.45) is 0 Å². The van der Waals surface area contributed by atoms with Gasteiger partial charge in [0.1, 0.15) is 16.4 Å². The number of non-ortho nitro benzene ring substituents is 1. The highest BCUT2D eigenvalue weighted by Gasteiger charge is 2.54. The molecule has 1 heterocycles. The molecule has 5 aromatic rings. The van der Waals surface area contributed by atoms with E-state index in [1.54, 1.807) is 44.2 Å². The van der Waals surface area contributed by atoms with Crippen molar-refractivity contribution >= 4 is 106 Å². The maximum atomic E-state index is 13.1. The molecule has 0 unspecified atom stereocenters. The molecule has 5 aromatic carbocycles. The van der Waals surface area contributed by atoms with Crippen molar-refractivity contribution in [1.82, 2.24) is 0 Å². The average molecular weight is 1010 g/mol. The van der Waals surface area contributed by atoms with Crippen molar-refractivity contribution in [1.29, 1.82) is 0 Å². The number of nitro benzene ring substituents is 2. The zero-order chi connectivity index (χ0) is 38.8. The van der Waals surface area contributed by atoms with Gasteiger partial charge in [-0.1, -0.05) is 50.1 Å². The van der Waals surface area contributed by atoms with E-state index in [0.717, 1.165) is 29.3 Å². The maximum absolute atomic E-state index is 13.1. The molecule has 0 bridgehead atoms. The van der Waals surface area contributed by atoms with Crippen molar-refractivity contribution in [3.05, 3.63) is 127 Å². The van der Waals surface area contributed by atoms with Crippen LogP contribution in [0, 0.1) is 34.1 Å². The highest BCUT2D eigenvalue weighted by atomic mass is 79.9. The third-order valence-electron chi connectivity index (χ3n) is 8.10. The van der Waals surface area contributed by atoms with Crippen LogP contribution in [-0.4, -0.2) is 46.6 Å². The first kappa shape index (κ1) is 39.5. The van der Waals surface area contributed by atoms with E-state index in [0.29, 0.717) is 24.0 Å². The fourth-order valence-corrected chi connectivity index (χ4v) is 9.67. The second kappa shape index (κ2) is 13.9. The van der Waals surface area contributed by atoms with Crippen LogP contribution in [0.1, 0.15) is 27.8 Å². The Morgan fingerprint density at radius 2 is 1.21 bits per heavy atom. The molecule has 0 amide bonds. The SMILES string of the molecule is Cc1c(Br)cc(C2(c3cc(Br)c(C)c(Br)c3O)OS(=O)(=O)c3ccccc32)c(O)c1Br.O=[N+]([O-])c1cc([N+](=O)[O-])c2ccc(S(=O)(=O)O)cc2c1O. The average Bonchev–Trinajstić information content (AvgIpc) is 3.32. The maximum Gasteiger partial charge on any atom is 0.318 e. The molecule has 0 radical (unpaired) electrons. The Morgan fingerprint density at radius 1 is 0.712 bits per heavy atom. The van der Waals surface area contributed by atoms with Crippen LogP contribution in [0.2, 0.25) is 0 Å². The van der Waals surface area contributed by atoms with E-state index < -0.39 is 63.1 Å². The number of fused-ring (bicyclic) bond motifs is 2. The Morgan fingerprint density at radius 3 is 1.69 bits per heavy atom. The second-order valence-corrected chi connectivity index (χ2v) is 17.3. The van der Waals surface area contributed by atoms with Crippen LogP contribution in [0.15, 0.2) is 88.3 Å². The highest BCUT2D eigenvalue weighted by molar-refractivity contribution is 9.11. The van der Waals surface area contributed by atoms with Crippen LogP contribution >= 0.6 is 63.7 Å². The Hall–Kier alpha value is -3.70. The van der Waals surface area contributed by atoms with Gasteiger partial charge in [-0.25, -0.2) is 4.18 Å². The number of benzene rings is 5. The molecule has 0 aliphatic carbocycles. The lowest BCUT2D eigenvalue weighted by Crippen LogP contribution is -2.30. The summed E-state index contributed by atoms with van der Waals surface area (Å²) in [7, 11) is -8.83. The molecule has 15 nitrogen and oxygen atoms in total. The molecule has 6 rings (SSSR count). The van der Waals surface area contributed by atoms with Crippen LogP contribution in [0.5, 0.6) is 17.2 Å². The summed E-state index contributed by atoms with van der Waals surface area (Å²) in [5.41, 5.74) is -1.40. The minimum absolute atomic E-state index is 0.0329. The number of aromatic hydroxyl groups is 3. The molecule has 1 aliphatic heterocycles. The molecule has 0 spiro atoms. The lowest BCUT2D eigenvalue weighted by atomic mass is 9.79. The minimum Gasteiger partial charge on any atom is -0.506 e. The largest absolute Gasteiger partial charge is 0.506 e. The predicted octanol–water partition coefficient (Wildman–Crippen LogP) is 8.38. The summed E-state index contributed by atoms with van der Waals surface area (Å²) in [6.45, 7) is 3.59.